The Kier molecular flexibility index (Phi) is 3.93. The lowest BCUT2D eigenvalue weighted by Gasteiger charge is -2.06. The highest BCUT2D eigenvalue weighted by Gasteiger charge is 2.10. The summed E-state index contributed by atoms with van der Waals surface area (Å²) in [5, 5.41) is 9.99. The molecule has 0 atom stereocenters. The Morgan fingerprint density at radius 3 is 3.00 bits per heavy atom. The molecule has 1 aromatic heterocycles. The zero-order valence-corrected chi connectivity index (χ0v) is 11.2. The number of halogens is 1. The lowest BCUT2D eigenvalue weighted by atomic mass is 10.3. The predicted octanol–water partition coefficient (Wildman–Crippen LogP) is 3.01. The number of carboxylic acids is 1. The molecule has 2 aromatic rings. The maximum Gasteiger partial charge on any atom is 0.313 e. The van der Waals surface area contributed by atoms with Crippen LogP contribution < -0.4 is 0 Å². The molecular formula is C12H11ClN2O2S. The Bertz CT molecular complexity index is 583. The molecule has 0 spiro atoms. The summed E-state index contributed by atoms with van der Waals surface area (Å²) in [7, 11) is 0. The van der Waals surface area contributed by atoms with Crippen LogP contribution in [0.1, 0.15) is 5.69 Å². The standard InChI is InChI=1S/C12H11ClN2O2S/c1-8-6-15(10-4-2-3-9(13)5-10)12(14-8)18-7-11(16)17/h2-6H,7H2,1H3,(H,16,17). The second kappa shape index (κ2) is 5.46. The van der Waals surface area contributed by atoms with Crippen LogP contribution in [-0.2, 0) is 4.79 Å². The zero-order valence-electron chi connectivity index (χ0n) is 9.63. The van der Waals surface area contributed by atoms with Crippen molar-refractivity contribution in [2.24, 2.45) is 0 Å². The van der Waals surface area contributed by atoms with Crippen molar-refractivity contribution in [3.05, 3.63) is 41.2 Å². The highest BCUT2D eigenvalue weighted by molar-refractivity contribution is 7.99. The van der Waals surface area contributed by atoms with Crippen LogP contribution >= 0.6 is 23.4 Å². The molecule has 1 aromatic carbocycles. The Labute approximate surface area is 114 Å². The predicted molar refractivity (Wildman–Crippen MR) is 71.7 cm³/mol. The van der Waals surface area contributed by atoms with E-state index >= 15 is 0 Å². The molecule has 1 heterocycles. The lowest BCUT2D eigenvalue weighted by molar-refractivity contribution is -0.133. The van der Waals surface area contributed by atoms with Crippen molar-refractivity contribution in [2.75, 3.05) is 5.75 Å². The molecular weight excluding hydrogens is 272 g/mol. The summed E-state index contributed by atoms with van der Waals surface area (Å²) in [4.78, 5) is 14.9. The maximum atomic E-state index is 10.6. The minimum atomic E-state index is -0.863. The van der Waals surface area contributed by atoms with Gasteiger partial charge in [-0.05, 0) is 25.1 Å². The Morgan fingerprint density at radius 2 is 2.33 bits per heavy atom. The van der Waals surface area contributed by atoms with Gasteiger partial charge < -0.3 is 5.11 Å². The number of rotatable bonds is 4. The molecule has 0 aliphatic rings. The van der Waals surface area contributed by atoms with Gasteiger partial charge in [0.2, 0.25) is 0 Å². The number of nitrogens with zero attached hydrogens (tertiary/aromatic N) is 2. The van der Waals surface area contributed by atoms with Crippen molar-refractivity contribution in [1.29, 1.82) is 0 Å². The number of hydrogen-bond donors (Lipinski definition) is 1. The van der Waals surface area contributed by atoms with E-state index in [1.54, 1.807) is 6.07 Å². The zero-order chi connectivity index (χ0) is 13.1. The molecule has 0 fully saturated rings. The molecule has 0 saturated carbocycles. The fourth-order valence-electron chi connectivity index (χ4n) is 1.51. The summed E-state index contributed by atoms with van der Waals surface area (Å²) >= 11 is 7.13. The molecule has 0 radical (unpaired) electrons. The summed E-state index contributed by atoms with van der Waals surface area (Å²) in [6, 6.07) is 7.35. The van der Waals surface area contributed by atoms with Crippen molar-refractivity contribution in [2.45, 2.75) is 12.1 Å². The fraction of sp³-hybridized carbons (Fsp3) is 0.167. The molecule has 0 amide bonds. The first-order chi connectivity index (χ1) is 8.56. The molecule has 2 rings (SSSR count). The Balaban J connectivity index is 2.35. The third-order valence-corrected chi connectivity index (χ3v) is 3.38. The minimum absolute atomic E-state index is 0.0168. The van der Waals surface area contributed by atoms with Crippen LogP contribution in [0, 0.1) is 6.92 Å². The second-order valence-electron chi connectivity index (χ2n) is 3.70. The number of carboxylic acid groups (broad SMARTS) is 1. The van der Waals surface area contributed by atoms with E-state index in [4.69, 9.17) is 16.7 Å². The van der Waals surface area contributed by atoms with E-state index in [9.17, 15) is 4.79 Å². The molecule has 0 saturated heterocycles. The molecule has 4 nitrogen and oxygen atoms in total. The van der Waals surface area contributed by atoms with Crippen molar-refractivity contribution >= 4 is 29.3 Å². The van der Waals surface area contributed by atoms with Gasteiger partial charge in [0.25, 0.3) is 0 Å². The average Bonchev–Trinajstić information content (AvgIpc) is 2.68. The fourth-order valence-corrected chi connectivity index (χ4v) is 2.46. The number of imidazole rings is 1. The van der Waals surface area contributed by atoms with Crippen LogP contribution in [0.15, 0.2) is 35.6 Å². The summed E-state index contributed by atoms with van der Waals surface area (Å²) in [6.45, 7) is 1.87. The van der Waals surface area contributed by atoms with E-state index in [1.165, 1.54) is 11.8 Å². The first-order valence-corrected chi connectivity index (χ1v) is 6.59. The average molecular weight is 283 g/mol. The quantitative estimate of drug-likeness (QED) is 0.876. The van der Waals surface area contributed by atoms with Crippen LogP contribution in [0.3, 0.4) is 0 Å². The molecule has 0 bridgehead atoms. The van der Waals surface area contributed by atoms with Crippen LogP contribution in [0.25, 0.3) is 5.69 Å². The van der Waals surface area contributed by atoms with Crippen LogP contribution in [0.2, 0.25) is 5.02 Å². The van der Waals surface area contributed by atoms with Gasteiger partial charge in [0.1, 0.15) is 0 Å². The van der Waals surface area contributed by atoms with Crippen LogP contribution in [0.5, 0.6) is 0 Å². The summed E-state index contributed by atoms with van der Waals surface area (Å²) in [5.41, 5.74) is 1.71. The van der Waals surface area contributed by atoms with Gasteiger partial charge in [-0.25, -0.2) is 4.98 Å². The topological polar surface area (TPSA) is 55.1 Å². The first-order valence-electron chi connectivity index (χ1n) is 5.23. The van der Waals surface area contributed by atoms with Crippen LogP contribution in [-0.4, -0.2) is 26.4 Å². The third kappa shape index (κ3) is 3.05. The number of aliphatic carboxylic acids is 1. The van der Waals surface area contributed by atoms with E-state index < -0.39 is 5.97 Å². The van der Waals surface area contributed by atoms with Gasteiger partial charge in [0.15, 0.2) is 5.16 Å². The molecule has 18 heavy (non-hydrogen) atoms. The summed E-state index contributed by atoms with van der Waals surface area (Å²) in [6.07, 6.45) is 1.86. The van der Waals surface area contributed by atoms with E-state index in [-0.39, 0.29) is 5.75 Å². The summed E-state index contributed by atoms with van der Waals surface area (Å²) in [5.74, 6) is -0.880. The maximum absolute atomic E-state index is 10.6. The van der Waals surface area contributed by atoms with Gasteiger partial charge in [-0.1, -0.05) is 29.4 Å². The number of hydrogen-bond acceptors (Lipinski definition) is 3. The minimum Gasteiger partial charge on any atom is -0.481 e. The molecule has 94 valence electrons. The monoisotopic (exact) mass is 282 g/mol. The van der Waals surface area contributed by atoms with Gasteiger partial charge in [-0.3, -0.25) is 9.36 Å². The summed E-state index contributed by atoms with van der Waals surface area (Å²) < 4.78 is 1.84. The number of thioether (sulfide) groups is 1. The van der Waals surface area contributed by atoms with E-state index in [0.717, 1.165) is 11.4 Å². The highest BCUT2D eigenvalue weighted by Crippen LogP contribution is 2.23. The molecule has 0 aliphatic heterocycles. The second-order valence-corrected chi connectivity index (χ2v) is 5.08. The number of benzene rings is 1. The normalized spacial score (nSPS) is 10.6. The molecule has 0 unspecified atom stereocenters. The van der Waals surface area contributed by atoms with Crippen molar-refractivity contribution < 1.29 is 9.90 Å². The van der Waals surface area contributed by atoms with Crippen molar-refractivity contribution in [3.63, 3.8) is 0 Å². The van der Waals surface area contributed by atoms with Gasteiger partial charge in [-0.15, -0.1) is 0 Å². The Morgan fingerprint density at radius 1 is 1.56 bits per heavy atom. The van der Waals surface area contributed by atoms with E-state index in [0.29, 0.717) is 10.2 Å². The Hall–Kier alpha value is -1.46. The van der Waals surface area contributed by atoms with E-state index in [1.807, 2.05) is 35.9 Å². The third-order valence-electron chi connectivity index (χ3n) is 2.21. The number of aryl methyl sites for hydroxylation is 1. The number of carbonyl (C=O) groups is 1. The molecule has 6 heteroatoms. The van der Waals surface area contributed by atoms with Crippen molar-refractivity contribution in [3.8, 4) is 5.69 Å². The first kappa shape index (κ1) is 13.0. The van der Waals surface area contributed by atoms with E-state index in [2.05, 4.69) is 4.98 Å². The van der Waals surface area contributed by atoms with Gasteiger partial charge >= 0.3 is 5.97 Å². The largest absolute Gasteiger partial charge is 0.481 e. The van der Waals surface area contributed by atoms with Gasteiger partial charge in [-0.2, -0.15) is 0 Å². The number of aromatic nitrogens is 2. The van der Waals surface area contributed by atoms with Crippen molar-refractivity contribution in [1.82, 2.24) is 9.55 Å². The lowest BCUT2D eigenvalue weighted by Crippen LogP contribution is -2.01. The van der Waals surface area contributed by atoms with Gasteiger partial charge in [0.05, 0.1) is 11.4 Å². The molecule has 0 aliphatic carbocycles. The highest BCUT2D eigenvalue weighted by atomic mass is 35.5. The van der Waals surface area contributed by atoms with Crippen LogP contribution in [0.4, 0.5) is 0 Å². The molecule has 1 N–H and O–H groups in total. The smallest absolute Gasteiger partial charge is 0.313 e. The SMILES string of the molecule is Cc1cn(-c2cccc(Cl)c2)c(SCC(=O)O)n1. The van der Waals surface area contributed by atoms with Gasteiger partial charge in [0, 0.05) is 16.9 Å².